The number of hydrogen-bond donors (Lipinski definition) is 2. The van der Waals surface area contributed by atoms with Crippen LogP contribution in [0.25, 0.3) is 0 Å². The van der Waals surface area contributed by atoms with Gasteiger partial charge < -0.3 is 10.3 Å². The molecule has 0 spiro atoms. The minimum absolute atomic E-state index is 0.0672. The van der Waals surface area contributed by atoms with Crippen LogP contribution in [0, 0.1) is 0 Å². The number of nitrogens with one attached hydrogen (secondary N) is 2. The summed E-state index contributed by atoms with van der Waals surface area (Å²) in [5.41, 5.74) is 3.27. The van der Waals surface area contributed by atoms with Crippen LogP contribution in [0.5, 0.6) is 0 Å². The van der Waals surface area contributed by atoms with Crippen molar-refractivity contribution in [2.24, 2.45) is 0 Å². The van der Waals surface area contributed by atoms with Crippen molar-refractivity contribution >= 4 is 0 Å². The van der Waals surface area contributed by atoms with Crippen LogP contribution in [0.1, 0.15) is 42.3 Å². The summed E-state index contributed by atoms with van der Waals surface area (Å²) in [4.78, 5) is 20.9. The molecule has 0 aliphatic carbocycles. The topological polar surface area (TPSA) is 78.8 Å². The molecule has 4 heterocycles. The molecule has 2 aromatic rings. The first-order valence-corrected chi connectivity index (χ1v) is 8.81. The minimum Gasteiger partial charge on any atom is -0.313 e. The van der Waals surface area contributed by atoms with Crippen molar-refractivity contribution in [1.82, 2.24) is 30.0 Å². The molecular weight excluding hydrogens is 304 g/mol. The quantitative estimate of drug-likeness (QED) is 0.873. The maximum atomic E-state index is 11.5. The second-order valence-corrected chi connectivity index (χ2v) is 6.79. The van der Waals surface area contributed by atoms with Crippen LogP contribution in [-0.2, 0) is 19.6 Å². The molecule has 128 valence electrons. The van der Waals surface area contributed by atoms with Gasteiger partial charge in [0.2, 0.25) is 0 Å². The molecule has 7 heteroatoms. The van der Waals surface area contributed by atoms with Crippen LogP contribution in [-0.4, -0.2) is 44.3 Å². The van der Waals surface area contributed by atoms with E-state index in [2.05, 4.69) is 30.9 Å². The first kappa shape index (κ1) is 15.5. The maximum absolute atomic E-state index is 11.5. The number of piperidine rings is 1. The number of likely N-dealkylation sites (tertiary alicyclic amines) is 1. The predicted molar refractivity (Wildman–Crippen MR) is 90.7 cm³/mol. The molecule has 0 radical (unpaired) electrons. The molecule has 1 atom stereocenters. The average Bonchev–Trinajstić information content (AvgIpc) is 2.83. The number of fused-ring (bicyclic) bond motifs is 1. The summed E-state index contributed by atoms with van der Waals surface area (Å²) in [6, 6.07) is 3.87. The standard InChI is InChI=1S/C17H24N6O/c24-17-8-16(19-12-20-17)13-3-1-5-22(10-13)11-14-7-15-9-18-4-2-6-23(15)21-14/h7-8,12-13,18H,1-6,9-11H2,(H,19,20,24)/t13-/m0/s1. The first-order chi connectivity index (χ1) is 11.8. The van der Waals surface area contributed by atoms with Crippen molar-refractivity contribution in [2.75, 3.05) is 19.6 Å². The van der Waals surface area contributed by atoms with E-state index in [1.54, 1.807) is 6.07 Å². The van der Waals surface area contributed by atoms with Crippen molar-refractivity contribution in [3.63, 3.8) is 0 Å². The Hall–Kier alpha value is -1.99. The fourth-order valence-electron chi connectivity index (χ4n) is 3.78. The molecule has 24 heavy (non-hydrogen) atoms. The fourth-order valence-corrected chi connectivity index (χ4v) is 3.78. The van der Waals surface area contributed by atoms with Gasteiger partial charge in [-0.3, -0.25) is 14.4 Å². The number of hydrogen-bond acceptors (Lipinski definition) is 5. The molecule has 0 unspecified atom stereocenters. The van der Waals surface area contributed by atoms with Crippen molar-refractivity contribution in [3.05, 3.63) is 45.9 Å². The summed E-state index contributed by atoms with van der Waals surface area (Å²) < 4.78 is 2.15. The van der Waals surface area contributed by atoms with Crippen molar-refractivity contribution < 1.29 is 0 Å². The zero-order chi connectivity index (χ0) is 16.4. The van der Waals surface area contributed by atoms with Crippen molar-refractivity contribution in [1.29, 1.82) is 0 Å². The summed E-state index contributed by atoms with van der Waals surface area (Å²) >= 11 is 0. The molecule has 0 saturated carbocycles. The number of aromatic nitrogens is 4. The van der Waals surface area contributed by atoms with Crippen LogP contribution in [0.2, 0.25) is 0 Å². The van der Waals surface area contributed by atoms with Gasteiger partial charge in [-0.05, 0) is 38.4 Å². The smallest absolute Gasteiger partial charge is 0.250 e. The predicted octanol–water partition coefficient (Wildman–Crippen LogP) is 0.839. The van der Waals surface area contributed by atoms with Gasteiger partial charge in [0.25, 0.3) is 5.56 Å². The lowest BCUT2D eigenvalue weighted by atomic mass is 9.94. The van der Waals surface area contributed by atoms with Crippen LogP contribution < -0.4 is 10.9 Å². The molecule has 1 saturated heterocycles. The van der Waals surface area contributed by atoms with E-state index in [1.807, 2.05) is 0 Å². The Morgan fingerprint density at radius 3 is 3.12 bits per heavy atom. The van der Waals surface area contributed by atoms with Crippen LogP contribution >= 0.6 is 0 Å². The Bertz CT molecular complexity index is 728. The molecule has 7 nitrogen and oxygen atoms in total. The summed E-state index contributed by atoms with van der Waals surface area (Å²) in [5, 5.41) is 8.22. The Morgan fingerprint density at radius 2 is 2.21 bits per heavy atom. The Labute approximate surface area is 141 Å². The highest BCUT2D eigenvalue weighted by Gasteiger charge is 2.23. The molecule has 0 bridgehead atoms. The zero-order valence-corrected chi connectivity index (χ0v) is 13.9. The number of aromatic amines is 1. The largest absolute Gasteiger partial charge is 0.313 e. The molecule has 1 fully saturated rings. The third-order valence-corrected chi connectivity index (χ3v) is 4.95. The summed E-state index contributed by atoms with van der Waals surface area (Å²) in [5.74, 6) is 0.336. The Balaban J connectivity index is 1.44. The van der Waals surface area contributed by atoms with Gasteiger partial charge in [0.1, 0.15) is 0 Å². The fraction of sp³-hybridized carbons (Fsp3) is 0.588. The molecular formula is C17H24N6O. The van der Waals surface area contributed by atoms with Gasteiger partial charge in [-0.1, -0.05) is 0 Å². The van der Waals surface area contributed by atoms with Gasteiger partial charge in [0.05, 0.1) is 23.4 Å². The maximum Gasteiger partial charge on any atom is 0.250 e. The zero-order valence-electron chi connectivity index (χ0n) is 13.9. The monoisotopic (exact) mass is 328 g/mol. The van der Waals surface area contributed by atoms with Crippen molar-refractivity contribution in [2.45, 2.75) is 44.8 Å². The van der Waals surface area contributed by atoms with E-state index < -0.39 is 0 Å². The van der Waals surface area contributed by atoms with Crippen LogP contribution in [0.15, 0.2) is 23.3 Å². The number of nitrogens with zero attached hydrogens (tertiary/aromatic N) is 4. The average molecular weight is 328 g/mol. The first-order valence-electron chi connectivity index (χ1n) is 8.81. The van der Waals surface area contributed by atoms with Gasteiger partial charge >= 0.3 is 0 Å². The molecule has 2 aliphatic heterocycles. The molecule has 2 aromatic heterocycles. The summed E-state index contributed by atoms with van der Waals surface area (Å²) in [6.07, 6.45) is 4.87. The molecule has 2 aliphatic rings. The normalized spacial score (nSPS) is 22.1. The lowest BCUT2D eigenvalue weighted by molar-refractivity contribution is 0.196. The lowest BCUT2D eigenvalue weighted by Gasteiger charge is -2.31. The highest BCUT2D eigenvalue weighted by Crippen LogP contribution is 2.25. The number of rotatable bonds is 3. The van der Waals surface area contributed by atoms with E-state index in [-0.39, 0.29) is 5.56 Å². The van der Waals surface area contributed by atoms with Gasteiger partial charge in [0.15, 0.2) is 0 Å². The second-order valence-electron chi connectivity index (χ2n) is 6.79. The number of H-pyrrole nitrogens is 1. The highest BCUT2D eigenvalue weighted by molar-refractivity contribution is 5.12. The molecule has 0 amide bonds. The van der Waals surface area contributed by atoms with E-state index in [9.17, 15) is 4.79 Å². The Kier molecular flexibility index (Phi) is 4.44. The molecule has 2 N–H and O–H groups in total. The minimum atomic E-state index is -0.0672. The van der Waals surface area contributed by atoms with E-state index in [4.69, 9.17) is 5.10 Å². The van der Waals surface area contributed by atoms with Gasteiger partial charge in [-0.25, -0.2) is 4.98 Å². The highest BCUT2D eigenvalue weighted by atomic mass is 16.1. The Morgan fingerprint density at radius 1 is 1.25 bits per heavy atom. The van der Waals surface area contributed by atoms with E-state index in [1.165, 1.54) is 12.0 Å². The third-order valence-electron chi connectivity index (χ3n) is 4.95. The summed E-state index contributed by atoms with van der Waals surface area (Å²) in [6.45, 7) is 5.88. The van der Waals surface area contributed by atoms with Gasteiger partial charge in [-0.15, -0.1) is 0 Å². The van der Waals surface area contributed by atoms with E-state index in [0.29, 0.717) is 5.92 Å². The van der Waals surface area contributed by atoms with Crippen LogP contribution in [0.4, 0.5) is 0 Å². The van der Waals surface area contributed by atoms with Crippen molar-refractivity contribution in [3.8, 4) is 0 Å². The molecule has 0 aromatic carbocycles. The molecule has 4 rings (SSSR count). The number of aryl methyl sites for hydroxylation is 1. The summed E-state index contributed by atoms with van der Waals surface area (Å²) in [7, 11) is 0. The van der Waals surface area contributed by atoms with Crippen LogP contribution in [0.3, 0.4) is 0 Å². The van der Waals surface area contributed by atoms with E-state index in [0.717, 1.165) is 69.9 Å². The lowest BCUT2D eigenvalue weighted by Crippen LogP contribution is -2.34. The second kappa shape index (κ2) is 6.86. The third kappa shape index (κ3) is 3.42. The van der Waals surface area contributed by atoms with Gasteiger partial charge in [-0.2, -0.15) is 5.10 Å². The van der Waals surface area contributed by atoms with E-state index >= 15 is 0 Å². The van der Waals surface area contributed by atoms with Gasteiger partial charge in [0, 0.05) is 38.2 Å². The SMILES string of the molecule is O=c1cc([C@H]2CCCN(Cc3cc4n(n3)CCCNC4)C2)nc[nH]1.